The molecule has 9 rings (SSSR count). The van der Waals surface area contributed by atoms with Gasteiger partial charge in [0.15, 0.2) is 0 Å². The Morgan fingerprint density at radius 1 is 0.391 bits per heavy atom. The summed E-state index contributed by atoms with van der Waals surface area (Å²) in [6, 6.07) is 70.5. The minimum Gasteiger partial charge on any atom is -0.497 e. The second-order valence-corrected chi connectivity index (χ2v) is 15.2. The van der Waals surface area contributed by atoms with Gasteiger partial charge in [-0.3, -0.25) is 0 Å². The number of hydrogen-bond donors (Lipinski definition) is 0. The van der Waals surface area contributed by atoms with Crippen LogP contribution in [0, 0.1) is 22.7 Å². The van der Waals surface area contributed by atoms with E-state index in [9.17, 15) is 10.5 Å². The quantitative estimate of drug-likeness (QED) is 0.114. The molecule has 0 aliphatic heterocycles. The van der Waals surface area contributed by atoms with Crippen molar-refractivity contribution >= 4 is 80.0 Å². The van der Waals surface area contributed by atoms with Gasteiger partial charge in [0.25, 0.3) is 0 Å². The zero-order chi connectivity index (χ0) is 43.8. The van der Waals surface area contributed by atoms with Crippen molar-refractivity contribution in [2.75, 3.05) is 24.0 Å². The van der Waals surface area contributed by atoms with Crippen molar-refractivity contribution in [1.82, 2.24) is 0 Å². The maximum Gasteiger partial charge on any atom is 0.119 e. The fourth-order valence-corrected chi connectivity index (χ4v) is 8.07. The van der Waals surface area contributed by atoms with Crippen LogP contribution in [0.1, 0.15) is 33.4 Å². The van der Waals surface area contributed by atoms with Gasteiger partial charge in [-0.1, -0.05) is 121 Å². The molecule has 0 unspecified atom stereocenters. The third-order valence-corrected chi connectivity index (χ3v) is 11.4. The largest absolute Gasteiger partial charge is 0.497 e. The molecule has 306 valence electrons. The van der Waals surface area contributed by atoms with Crippen molar-refractivity contribution in [1.29, 1.82) is 10.5 Å². The summed E-state index contributed by atoms with van der Waals surface area (Å²) in [5.41, 5.74) is 10.3. The van der Waals surface area contributed by atoms with Crippen molar-refractivity contribution in [3.63, 3.8) is 0 Å². The molecule has 6 nitrogen and oxygen atoms in total. The molecule has 0 amide bonds. The van der Waals surface area contributed by atoms with Crippen LogP contribution in [-0.2, 0) is 0 Å². The van der Waals surface area contributed by atoms with Crippen molar-refractivity contribution in [2.45, 2.75) is 0 Å². The molecule has 0 aliphatic carbocycles. The minimum atomic E-state index is 0.480. The van der Waals surface area contributed by atoms with Crippen LogP contribution in [0.25, 0.3) is 45.8 Å². The maximum atomic E-state index is 10.3. The lowest BCUT2D eigenvalue weighted by Gasteiger charge is -2.27. The van der Waals surface area contributed by atoms with Crippen LogP contribution in [-0.4, -0.2) is 14.2 Å². The van der Waals surface area contributed by atoms with Crippen molar-refractivity contribution in [3.8, 4) is 23.6 Å². The molecule has 0 spiro atoms. The van der Waals surface area contributed by atoms with E-state index in [4.69, 9.17) is 9.47 Å². The molecule has 9 aromatic carbocycles. The van der Waals surface area contributed by atoms with Crippen LogP contribution < -0.4 is 19.3 Å². The van der Waals surface area contributed by atoms with E-state index in [2.05, 4.69) is 180 Å². The Kier molecular flexibility index (Phi) is 11.7. The fraction of sp³-hybridized carbons (Fsp3) is 0.0345. The van der Waals surface area contributed by atoms with E-state index in [-0.39, 0.29) is 0 Å². The SMILES string of the molecule is COc1ccc(N(c2ccc(C=Cc3cc(C#N)c(C=Cc4ccc(N(c5ccc(OC)cc5)c5cccc6ccccc56)cc4)cc3C#N)cc2)c2cccc3ccccc23)cc1. The van der Waals surface area contributed by atoms with Crippen LogP contribution >= 0.6 is 0 Å². The van der Waals surface area contributed by atoms with Gasteiger partial charge in [0, 0.05) is 33.5 Å². The number of nitriles is 2. The van der Waals surface area contributed by atoms with E-state index < -0.39 is 0 Å². The Hall–Kier alpha value is -8.84. The summed E-state index contributed by atoms with van der Waals surface area (Å²) in [5.74, 6) is 1.58. The number of fused-ring (bicyclic) bond motifs is 2. The first-order valence-electron chi connectivity index (χ1n) is 20.9. The second-order valence-electron chi connectivity index (χ2n) is 15.2. The topological polar surface area (TPSA) is 72.5 Å². The Labute approximate surface area is 373 Å². The molecule has 0 atom stereocenters. The number of anilines is 6. The van der Waals surface area contributed by atoms with Gasteiger partial charge in [-0.25, -0.2) is 0 Å². The van der Waals surface area contributed by atoms with E-state index in [1.165, 1.54) is 0 Å². The van der Waals surface area contributed by atoms with Gasteiger partial charge in [0.2, 0.25) is 0 Å². The summed E-state index contributed by atoms with van der Waals surface area (Å²) in [5, 5.41) is 25.1. The van der Waals surface area contributed by atoms with E-state index >= 15 is 0 Å². The summed E-state index contributed by atoms with van der Waals surface area (Å²) < 4.78 is 10.9. The first kappa shape index (κ1) is 40.6. The zero-order valence-electron chi connectivity index (χ0n) is 35.4. The van der Waals surface area contributed by atoms with Crippen LogP contribution in [0.15, 0.2) is 194 Å². The molecule has 0 saturated heterocycles. The monoisotopic (exact) mass is 826 g/mol. The van der Waals surface area contributed by atoms with Crippen molar-refractivity contribution < 1.29 is 9.47 Å². The van der Waals surface area contributed by atoms with E-state index in [1.54, 1.807) is 26.4 Å². The summed E-state index contributed by atoms with van der Waals surface area (Å²) in [4.78, 5) is 4.48. The Bertz CT molecular complexity index is 3020. The average Bonchev–Trinajstić information content (AvgIpc) is 3.36. The number of rotatable bonds is 12. The summed E-state index contributed by atoms with van der Waals surface area (Å²) in [6.07, 6.45) is 7.75. The minimum absolute atomic E-state index is 0.480. The maximum absolute atomic E-state index is 10.3. The second kappa shape index (κ2) is 18.4. The molecule has 9 aromatic rings. The Balaban J connectivity index is 0.970. The molecule has 0 aliphatic rings. The number of benzene rings is 9. The molecule has 64 heavy (non-hydrogen) atoms. The first-order valence-corrected chi connectivity index (χ1v) is 20.9. The van der Waals surface area contributed by atoms with Crippen molar-refractivity contribution in [3.05, 3.63) is 228 Å². The van der Waals surface area contributed by atoms with E-state index in [0.717, 1.165) is 78.3 Å². The van der Waals surface area contributed by atoms with Gasteiger partial charge in [-0.2, -0.15) is 10.5 Å². The first-order chi connectivity index (χ1) is 31.5. The molecule has 0 heterocycles. The van der Waals surface area contributed by atoms with E-state index in [1.807, 2.05) is 48.6 Å². The number of nitrogens with zero attached hydrogens (tertiary/aromatic N) is 4. The molecule has 0 radical (unpaired) electrons. The van der Waals surface area contributed by atoms with Crippen molar-refractivity contribution in [2.24, 2.45) is 0 Å². The predicted molar refractivity (Wildman–Crippen MR) is 264 cm³/mol. The van der Waals surface area contributed by atoms with Gasteiger partial charge < -0.3 is 19.3 Å². The predicted octanol–water partition coefficient (Wildman–Crippen LogP) is 15.0. The normalized spacial score (nSPS) is 11.1. The lowest BCUT2D eigenvalue weighted by molar-refractivity contribution is 0.414. The standard InChI is InChI=1S/C58H42N4O2/c1-63-53-33-29-51(30-34-53)61(57-15-7-11-43-9-3-5-13-55(43)57)49-25-19-41(20-26-49)17-23-45-37-48(40-60)46(38-47(45)39-59)24-18-42-21-27-50(28-22-42)62(52-31-35-54(64-2)36-32-52)58-16-8-12-44-10-4-6-14-56(44)58/h3-38H,1-2H3. The highest BCUT2D eigenvalue weighted by Gasteiger charge is 2.17. The highest BCUT2D eigenvalue weighted by atomic mass is 16.5. The molecule has 0 saturated carbocycles. The van der Waals surface area contributed by atoms with Crippen LogP contribution in [0.2, 0.25) is 0 Å². The molecular weight excluding hydrogens is 785 g/mol. The zero-order valence-corrected chi connectivity index (χ0v) is 35.4. The lowest BCUT2D eigenvalue weighted by Crippen LogP contribution is -2.10. The Morgan fingerprint density at radius 3 is 1.09 bits per heavy atom. The molecule has 0 bridgehead atoms. The fourth-order valence-electron chi connectivity index (χ4n) is 8.07. The number of methoxy groups -OCH3 is 2. The van der Waals surface area contributed by atoms with Gasteiger partial charge in [0.1, 0.15) is 11.5 Å². The van der Waals surface area contributed by atoms with Gasteiger partial charge in [-0.05, 0) is 130 Å². The number of hydrogen-bond acceptors (Lipinski definition) is 6. The van der Waals surface area contributed by atoms with Crippen LogP contribution in [0.5, 0.6) is 11.5 Å². The smallest absolute Gasteiger partial charge is 0.119 e. The van der Waals surface area contributed by atoms with E-state index in [0.29, 0.717) is 22.3 Å². The molecule has 6 heteroatoms. The molecule has 0 N–H and O–H groups in total. The average molecular weight is 827 g/mol. The van der Waals surface area contributed by atoms with Gasteiger partial charge >= 0.3 is 0 Å². The molecule has 0 aromatic heterocycles. The number of ether oxygens (including phenoxy) is 2. The van der Waals surface area contributed by atoms with Gasteiger partial charge in [-0.15, -0.1) is 0 Å². The Morgan fingerprint density at radius 2 is 0.734 bits per heavy atom. The third-order valence-electron chi connectivity index (χ3n) is 11.4. The third kappa shape index (κ3) is 8.41. The molecule has 0 fully saturated rings. The van der Waals surface area contributed by atoms with Gasteiger partial charge in [0.05, 0.1) is 48.9 Å². The highest BCUT2D eigenvalue weighted by molar-refractivity contribution is 6.00. The summed E-state index contributed by atoms with van der Waals surface area (Å²) in [7, 11) is 3.34. The highest BCUT2D eigenvalue weighted by Crippen LogP contribution is 2.41. The lowest BCUT2D eigenvalue weighted by atomic mass is 9.97. The summed E-state index contributed by atoms with van der Waals surface area (Å²) >= 11 is 0. The molecular formula is C58H42N4O2. The summed E-state index contributed by atoms with van der Waals surface area (Å²) in [6.45, 7) is 0. The van der Waals surface area contributed by atoms with Crippen LogP contribution in [0.3, 0.4) is 0 Å². The van der Waals surface area contributed by atoms with Crippen LogP contribution in [0.4, 0.5) is 34.1 Å².